The smallest absolute Gasteiger partial charge is 0.408 e. The summed E-state index contributed by atoms with van der Waals surface area (Å²) in [6, 6.07) is 10.4. The van der Waals surface area contributed by atoms with Gasteiger partial charge in [-0.2, -0.15) is 0 Å². The lowest BCUT2D eigenvalue weighted by Crippen LogP contribution is -2.59. The van der Waals surface area contributed by atoms with Crippen molar-refractivity contribution in [1.82, 2.24) is 15.5 Å². The highest BCUT2D eigenvalue weighted by Gasteiger charge is 2.42. The molecular formula is C31H39N3O7. The minimum absolute atomic E-state index is 0.0260. The molecule has 10 nitrogen and oxygen atoms in total. The van der Waals surface area contributed by atoms with E-state index in [1.54, 1.807) is 77.9 Å². The lowest BCUT2D eigenvalue weighted by Gasteiger charge is -2.43. The van der Waals surface area contributed by atoms with Crippen molar-refractivity contribution in [2.24, 2.45) is 0 Å². The number of nitrogens with one attached hydrogen (secondary N) is 2. The first-order valence-corrected chi connectivity index (χ1v) is 13.1. The van der Waals surface area contributed by atoms with E-state index in [4.69, 9.17) is 11.2 Å². The molecule has 0 aromatic heterocycles. The maximum atomic E-state index is 14.5. The van der Waals surface area contributed by atoms with Crippen molar-refractivity contribution in [2.75, 3.05) is 13.7 Å². The van der Waals surface area contributed by atoms with Crippen molar-refractivity contribution in [3.05, 3.63) is 65.2 Å². The summed E-state index contributed by atoms with van der Waals surface area (Å²) in [5.41, 5.74) is -0.428. The molecule has 10 heteroatoms. The Morgan fingerprint density at radius 2 is 1.61 bits per heavy atom. The first-order chi connectivity index (χ1) is 19.1. The third kappa shape index (κ3) is 9.57. The number of carbonyl (C=O) groups excluding carboxylic acids is 4. The molecule has 3 amide bonds. The summed E-state index contributed by atoms with van der Waals surface area (Å²) in [7, 11) is 1.20. The number of alkyl carbamates (subject to hydrolysis) is 1. The zero-order valence-corrected chi connectivity index (χ0v) is 24.6. The van der Waals surface area contributed by atoms with E-state index in [2.05, 4.69) is 21.3 Å². The number of amides is 3. The Labute approximate surface area is 241 Å². The molecule has 41 heavy (non-hydrogen) atoms. The number of aromatic hydroxyl groups is 1. The van der Waals surface area contributed by atoms with E-state index >= 15 is 0 Å². The van der Waals surface area contributed by atoms with Crippen LogP contribution in [-0.4, -0.2) is 64.7 Å². The molecule has 0 aliphatic heterocycles. The van der Waals surface area contributed by atoms with Gasteiger partial charge in [0.15, 0.2) is 0 Å². The topological polar surface area (TPSA) is 134 Å². The zero-order chi connectivity index (χ0) is 31.0. The molecule has 2 rings (SSSR count). The van der Waals surface area contributed by atoms with Crippen LogP contribution in [0.15, 0.2) is 48.5 Å². The summed E-state index contributed by atoms with van der Waals surface area (Å²) >= 11 is 0. The van der Waals surface area contributed by atoms with Crippen LogP contribution in [0.1, 0.15) is 64.3 Å². The highest BCUT2D eigenvalue weighted by atomic mass is 16.6. The van der Waals surface area contributed by atoms with Crippen LogP contribution in [0.3, 0.4) is 0 Å². The third-order valence-electron chi connectivity index (χ3n) is 5.88. The standard InChI is InChI=1S/C31H39N3O7/c1-9-21-12-10-11-13-23(21)26(27(37)32-19-25(36)40-8)34(30(2,3)4)28(38)24(33-29(39)41-31(5,6)7)18-20-14-16-22(35)17-15-20/h1,10-17,24,26,35H,18-19H2,2-8H3,(H,32,37)(H,33,39). The van der Waals surface area contributed by atoms with Gasteiger partial charge in [0, 0.05) is 17.5 Å². The Morgan fingerprint density at radius 1 is 1.00 bits per heavy atom. The van der Waals surface area contributed by atoms with Crippen molar-refractivity contribution in [3.63, 3.8) is 0 Å². The van der Waals surface area contributed by atoms with Crippen LogP contribution < -0.4 is 10.6 Å². The van der Waals surface area contributed by atoms with Crippen molar-refractivity contribution in [2.45, 2.75) is 71.2 Å². The second kappa shape index (κ2) is 13.7. The molecule has 0 fully saturated rings. The summed E-state index contributed by atoms with van der Waals surface area (Å²) in [4.78, 5) is 54.3. The number of terminal acetylenes is 1. The average molecular weight is 566 g/mol. The third-order valence-corrected chi connectivity index (χ3v) is 5.88. The number of hydrogen-bond acceptors (Lipinski definition) is 7. The second-order valence-corrected chi connectivity index (χ2v) is 11.4. The molecule has 2 aromatic carbocycles. The summed E-state index contributed by atoms with van der Waals surface area (Å²) in [6.07, 6.45) is 4.97. The SMILES string of the molecule is C#Cc1ccccc1C(C(=O)NCC(=O)OC)N(C(=O)C(Cc1ccc(O)cc1)NC(=O)OC(C)(C)C)C(C)(C)C. The zero-order valence-electron chi connectivity index (χ0n) is 24.6. The van der Waals surface area contributed by atoms with E-state index in [9.17, 15) is 24.3 Å². The quantitative estimate of drug-likeness (QED) is 0.313. The molecule has 2 unspecified atom stereocenters. The van der Waals surface area contributed by atoms with E-state index in [0.29, 0.717) is 16.7 Å². The summed E-state index contributed by atoms with van der Waals surface area (Å²) in [5.74, 6) is 0.670. The second-order valence-electron chi connectivity index (χ2n) is 11.4. The van der Waals surface area contributed by atoms with Gasteiger partial charge in [-0.3, -0.25) is 14.4 Å². The van der Waals surface area contributed by atoms with Crippen molar-refractivity contribution in [3.8, 4) is 18.1 Å². The van der Waals surface area contributed by atoms with E-state index in [1.165, 1.54) is 24.1 Å². The van der Waals surface area contributed by atoms with Gasteiger partial charge in [-0.1, -0.05) is 36.3 Å². The van der Waals surface area contributed by atoms with Gasteiger partial charge in [0.1, 0.15) is 30.0 Å². The number of phenolic OH excluding ortho intramolecular Hbond substituents is 1. The van der Waals surface area contributed by atoms with Gasteiger partial charge in [0.25, 0.3) is 0 Å². The van der Waals surface area contributed by atoms with E-state index in [-0.39, 0.29) is 12.2 Å². The fourth-order valence-electron chi connectivity index (χ4n) is 4.12. The number of esters is 1. The van der Waals surface area contributed by atoms with Crippen molar-refractivity contribution in [1.29, 1.82) is 0 Å². The molecule has 220 valence electrons. The van der Waals surface area contributed by atoms with Crippen LogP contribution in [-0.2, 0) is 30.3 Å². The molecule has 0 aliphatic carbocycles. The number of rotatable bonds is 9. The van der Waals surface area contributed by atoms with Gasteiger partial charge >= 0.3 is 12.1 Å². The fraction of sp³-hybridized carbons (Fsp3) is 0.419. The van der Waals surface area contributed by atoms with Crippen LogP contribution in [0.4, 0.5) is 4.79 Å². The molecule has 2 aromatic rings. The van der Waals surface area contributed by atoms with Crippen molar-refractivity contribution >= 4 is 23.9 Å². The molecule has 0 saturated heterocycles. The number of nitrogens with zero attached hydrogens (tertiary/aromatic N) is 1. The molecule has 2 atom stereocenters. The number of ether oxygens (including phenoxy) is 2. The highest BCUT2D eigenvalue weighted by Crippen LogP contribution is 2.32. The molecule has 0 heterocycles. The average Bonchev–Trinajstić information content (AvgIpc) is 2.88. The van der Waals surface area contributed by atoms with E-state index in [1.807, 2.05) is 0 Å². The number of carbonyl (C=O) groups is 4. The first-order valence-electron chi connectivity index (χ1n) is 13.1. The minimum atomic E-state index is -1.28. The van der Waals surface area contributed by atoms with Gasteiger partial charge in [-0.15, -0.1) is 6.42 Å². The summed E-state index contributed by atoms with van der Waals surface area (Å²) in [6.45, 7) is 9.90. The lowest BCUT2D eigenvalue weighted by molar-refractivity contribution is -0.149. The lowest BCUT2D eigenvalue weighted by atomic mass is 9.92. The van der Waals surface area contributed by atoms with Crippen LogP contribution in [0, 0.1) is 12.3 Å². The predicted octanol–water partition coefficient (Wildman–Crippen LogP) is 3.47. The van der Waals surface area contributed by atoms with Crippen LogP contribution in [0.25, 0.3) is 0 Å². The van der Waals surface area contributed by atoms with E-state index in [0.717, 1.165) is 0 Å². The highest BCUT2D eigenvalue weighted by molar-refractivity contribution is 5.94. The van der Waals surface area contributed by atoms with E-state index < -0.39 is 53.6 Å². The Hall–Kier alpha value is -4.52. The normalized spacial score (nSPS) is 12.7. The van der Waals surface area contributed by atoms with Crippen LogP contribution >= 0.6 is 0 Å². The fourth-order valence-corrected chi connectivity index (χ4v) is 4.12. The summed E-state index contributed by atoms with van der Waals surface area (Å²) < 4.78 is 10.1. The molecule has 0 saturated carbocycles. The maximum Gasteiger partial charge on any atom is 0.408 e. The number of methoxy groups -OCH3 is 1. The van der Waals surface area contributed by atoms with Gasteiger partial charge in [0.05, 0.1) is 7.11 Å². The molecule has 0 bridgehead atoms. The van der Waals surface area contributed by atoms with Crippen LogP contribution in [0.2, 0.25) is 0 Å². The number of benzene rings is 2. The van der Waals surface area contributed by atoms with Gasteiger partial charge in [-0.25, -0.2) is 4.79 Å². The van der Waals surface area contributed by atoms with Gasteiger partial charge in [-0.05, 0) is 70.9 Å². The van der Waals surface area contributed by atoms with Crippen LogP contribution in [0.5, 0.6) is 5.75 Å². The Bertz CT molecular complexity index is 1280. The molecule has 0 spiro atoms. The Kier molecular flexibility index (Phi) is 10.9. The molecular weight excluding hydrogens is 526 g/mol. The number of hydrogen-bond donors (Lipinski definition) is 3. The molecule has 3 N–H and O–H groups in total. The van der Waals surface area contributed by atoms with Crippen molar-refractivity contribution < 1.29 is 33.8 Å². The predicted molar refractivity (Wildman–Crippen MR) is 154 cm³/mol. The maximum absolute atomic E-state index is 14.5. The molecule has 0 radical (unpaired) electrons. The monoisotopic (exact) mass is 565 g/mol. The summed E-state index contributed by atoms with van der Waals surface area (Å²) in [5, 5.41) is 14.9. The number of phenols is 1. The Balaban J connectivity index is 2.66. The molecule has 0 aliphatic rings. The van der Waals surface area contributed by atoms with Gasteiger partial charge in [0.2, 0.25) is 11.8 Å². The van der Waals surface area contributed by atoms with Gasteiger partial charge < -0.3 is 30.1 Å². The largest absolute Gasteiger partial charge is 0.508 e. The first kappa shape index (κ1) is 32.7. The Morgan fingerprint density at radius 3 is 2.15 bits per heavy atom. The minimum Gasteiger partial charge on any atom is -0.508 e.